The first-order valence-corrected chi connectivity index (χ1v) is 8.99. The highest BCUT2D eigenvalue weighted by atomic mass is 16.3. The Hall–Kier alpha value is -3.34. The molecule has 1 N–H and O–H groups in total. The zero-order chi connectivity index (χ0) is 18.8. The van der Waals surface area contributed by atoms with Gasteiger partial charge in [-0.3, -0.25) is 4.79 Å². The minimum absolute atomic E-state index is 0.139. The minimum Gasteiger partial charge on any atom is -0.444 e. The number of rotatable bonds is 5. The largest absolute Gasteiger partial charge is 0.444 e. The number of carbonyl (C=O) groups is 1. The van der Waals surface area contributed by atoms with Crippen LogP contribution in [0.25, 0.3) is 22.2 Å². The predicted molar refractivity (Wildman–Crippen MR) is 107 cm³/mol. The summed E-state index contributed by atoms with van der Waals surface area (Å²) < 4.78 is 7.51. The van der Waals surface area contributed by atoms with Crippen LogP contribution in [0.15, 0.2) is 71.7 Å². The fourth-order valence-corrected chi connectivity index (χ4v) is 3.18. The number of amides is 1. The zero-order valence-electron chi connectivity index (χ0n) is 15.3. The van der Waals surface area contributed by atoms with E-state index in [1.807, 2.05) is 24.3 Å². The average molecular weight is 359 g/mol. The number of aromatic nitrogens is 2. The Morgan fingerprint density at radius 1 is 1.15 bits per heavy atom. The molecule has 2 aromatic carbocycles. The Kier molecular flexibility index (Phi) is 4.50. The Bertz CT molecular complexity index is 1060. The molecule has 2 aromatic heterocycles. The van der Waals surface area contributed by atoms with Gasteiger partial charge >= 0.3 is 0 Å². The molecular weight excluding hydrogens is 338 g/mol. The van der Waals surface area contributed by atoms with Crippen molar-refractivity contribution in [1.82, 2.24) is 9.55 Å². The van der Waals surface area contributed by atoms with Gasteiger partial charge in [-0.2, -0.15) is 0 Å². The number of anilines is 1. The van der Waals surface area contributed by atoms with Crippen molar-refractivity contribution in [2.45, 2.75) is 20.4 Å². The fraction of sp³-hybridized carbons (Fsp3) is 0.182. The van der Waals surface area contributed by atoms with Crippen molar-refractivity contribution < 1.29 is 9.21 Å². The highest BCUT2D eigenvalue weighted by Gasteiger charge is 2.09. The molecule has 0 radical (unpaired) electrons. The van der Waals surface area contributed by atoms with E-state index >= 15 is 0 Å². The number of nitrogens with one attached hydrogen (secondary N) is 1. The number of benzene rings is 2. The summed E-state index contributed by atoms with van der Waals surface area (Å²) in [6.45, 7) is 5.38. The monoisotopic (exact) mass is 359 g/mol. The van der Waals surface area contributed by atoms with Gasteiger partial charge in [0, 0.05) is 40.5 Å². The summed E-state index contributed by atoms with van der Waals surface area (Å²) in [4.78, 5) is 16.5. The quantitative estimate of drug-likeness (QED) is 0.532. The lowest BCUT2D eigenvalue weighted by Crippen LogP contribution is -2.11. The molecule has 0 bridgehead atoms. The highest BCUT2D eigenvalue weighted by Crippen LogP contribution is 2.23. The molecule has 5 nitrogen and oxygen atoms in total. The first-order valence-electron chi connectivity index (χ1n) is 8.99. The molecule has 4 rings (SSSR count). The van der Waals surface area contributed by atoms with Gasteiger partial charge in [-0.25, -0.2) is 4.98 Å². The summed E-state index contributed by atoms with van der Waals surface area (Å²) in [6.07, 6.45) is 5.13. The van der Waals surface area contributed by atoms with Gasteiger partial charge in [-0.1, -0.05) is 26.0 Å². The molecule has 0 saturated heterocycles. The van der Waals surface area contributed by atoms with E-state index < -0.39 is 0 Å². The van der Waals surface area contributed by atoms with Crippen LogP contribution in [0.1, 0.15) is 24.2 Å². The van der Waals surface area contributed by atoms with Gasteiger partial charge in [-0.05, 0) is 42.3 Å². The molecule has 0 aliphatic rings. The third-order valence-corrected chi connectivity index (χ3v) is 4.45. The Labute approximate surface area is 157 Å². The van der Waals surface area contributed by atoms with Crippen molar-refractivity contribution in [2.75, 3.05) is 5.32 Å². The van der Waals surface area contributed by atoms with Crippen molar-refractivity contribution in [2.24, 2.45) is 5.92 Å². The maximum Gasteiger partial charge on any atom is 0.255 e. The van der Waals surface area contributed by atoms with Gasteiger partial charge in [0.25, 0.3) is 5.91 Å². The molecule has 0 atom stereocenters. The van der Waals surface area contributed by atoms with Crippen LogP contribution in [-0.2, 0) is 6.54 Å². The molecule has 0 unspecified atom stereocenters. The van der Waals surface area contributed by atoms with Crippen LogP contribution in [0.3, 0.4) is 0 Å². The second kappa shape index (κ2) is 7.11. The molecular formula is C22H21N3O2. The maximum atomic E-state index is 12.5. The van der Waals surface area contributed by atoms with Crippen molar-refractivity contribution in [3.8, 4) is 11.3 Å². The molecule has 0 spiro atoms. The normalized spacial score (nSPS) is 11.2. The number of fused-ring (bicyclic) bond motifs is 1. The van der Waals surface area contributed by atoms with Crippen LogP contribution in [0.2, 0.25) is 0 Å². The van der Waals surface area contributed by atoms with E-state index in [9.17, 15) is 4.79 Å². The summed E-state index contributed by atoms with van der Waals surface area (Å²) in [6, 6.07) is 15.4. The number of hydrogen-bond acceptors (Lipinski definition) is 3. The van der Waals surface area contributed by atoms with Gasteiger partial charge in [-0.15, -0.1) is 0 Å². The number of oxazole rings is 1. The zero-order valence-corrected chi connectivity index (χ0v) is 15.3. The third-order valence-electron chi connectivity index (χ3n) is 4.45. The second-order valence-electron chi connectivity index (χ2n) is 7.03. The molecule has 27 heavy (non-hydrogen) atoms. The first kappa shape index (κ1) is 17.1. The molecule has 5 heteroatoms. The Morgan fingerprint density at radius 2 is 1.96 bits per heavy atom. The van der Waals surface area contributed by atoms with E-state index in [0.717, 1.165) is 23.2 Å². The van der Waals surface area contributed by atoms with E-state index in [4.69, 9.17) is 4.42 Å². The van der Waals surface area contributed by atoms with Crippen molar-refractivity contribution in [1.29, 1.82) is 0 Å². The van der Waals surface area contributed by atoms with Crippen LogP contribution < -0.4 is 5.32 Å². The molecule has 0 fully saturated rings. The molecule has 136 valence electrons. The van der Waals surface area contributed by atoms with Crippen molar-refractivity contribution in [3.05, 3.63) is 72.9 Å². The van der Waals surface area contributed by atoms with Crippen LogP contribution in [-0.4, -0.2) is 15.5 Å². The van der Waals surface area contributed by atoms with Gasteiger partial charge in [0.05, 0.1) is 6.20 Å². The lowest BCUT2D eigenvalue weighted by atomic mass is 10.1. The lowest BCUT2D eigenvalue weighted by Gasteiger charge is -2.09. The van der Waals surface area contributed by atoms with E-state index in [1.165, 1.54) is 11.9 Å². The molecule has 0 saturated carbocycles. The third kappa shape index (κ3) is 3.62. The number of nitrogens with zero attached hydrogens (tertiary/aromatic N) is 2. The molecule has 0 aliphatic heterocycles. The summed E-state index contributed by atoms with van der Waals surface area (Å²) in [5.41, 5.74) is 3.44. The standard InChI is InChI=1S/C22H21N3O2/c1-15(2)13-25-10-9-18-11-19(7-8-20(18)25)24-22(26)17-5-3-16(4-6-17)21-12-23-14-27-21/h3-12,14-15H,13H2,1-2H3,(H,24,26). The fourth-order valence-electron chi connectivity index (χ4n) is 3.18. The van der Waals surface area contributed by atoms with Crippen molar-refractivity contribution in [3.63, 3.8) is 0 Å². The van der Waals surface area contributed by atoms with Crippen LogP contribution in [0, 0.1) is 5.92 Å². The number of carbonyl (C=O) groups excluding carboxylic acids is 1. The molecule has 2 heterocycles. The van der Waals surface area contributed by atoms with E-state index in [0.29, 0.717) is 17.2 Å². The van der Waals surface area contributed by atoms with E-state index in [2.05, 4.69) is 47.0 Å². The summed E-state index contributed by atoms with van der Waals surface area (Å²) in [5, 5.41) is 4.09. The van der Waals surface area contributed by atoms with Gasteiger partial charge in [0.2, 0.25) is 0 Å². The number of hydrogen-bond donors (Lipinski definition) is 1. The summed E-state index contributed by atoms with van der Waals surface area (Å²) in [7, 11) is 0. The smallest absolute Gasteiger partial charge is 0.255 e. The minimum atomic E-state index is -0.139. The van der Waals surface area contributed by atoms with Gasteiger partial charge < -0.3 is 14.3 Å². The van der Waals surface area contributed by atoms with Gasteiger partial charge in [0.15, 0.2) is 12.2 Å². The first-order chi connectivity index (χ1) is 13.1. The van der Waals surface area contributed by atoms with Gasteiger partial charge in [0.1, 0.15) is 0 Å². The summed E-state index contributed by atoms with van der Waals surface area (Å²) in [5.74, 6) is 1.12. The maximum absolute atomic E-state index is 12.5. The SMILES string of the molecule is CC(C)Cn1ccc2cc(NC(=O)c3ccc(-c4cnco4)cc3)ccc21. The molecule has 1 amide bonds. The highest BCUT2D eigenvalue weighted by molar-refractivity contribution is 6.05. The lowest BCUT2D eigenvalue weighted by molar-refractivity contribution is 0.102. The van der Waals surface area contributed by atoms with E-state index in [1.54, 1.807) is 18.3 Å². The van der Waals surface area contributed by atoms with E-state index in [-0.39, 0.29) is 5.91 Å². The molecule has 0 aliphatic carbocycles. The second-order valence-corrected chi connectivity index (χ2v) is 7.03. The Morgan fingerprint density at radius 3 is 2.67 bits per heavy atom. The topological polar surface area (TPSA) is 60.1 Å². The van der Waals surface area contributed by atoms with Crippen LogP contribution in [0.5, 0.6) is 0 Å². The Balaban J connectivity index is 1.50. The summed E-state index contributed by atoms with van der Waals surface area (Å²) >= 11 is 0. The average Bonchev–Trinajstić information content (AvgIpc) is 3.32. The van der Waals surface area contributed by atoms with Crippen LogP contribution in [0.4, 0.5) is 5.69 Å². The molecule has 4 aromatic rings. The van der Waals surface area contributed by atoms with Crippen LogP contribution >= 0.6 is 0 Å². The predicted octanol–water partition coefficient (Wildman–Crippen LogP) is 5.20. The van der Waals surface area contributed by atoms with Crippen molar-refractivity contribution >= 4 is 22.5 Å².